The van der Waals surface area contributed by atoms with Crippen LogP contribution in [0.25, 0.3) is 5.65 Å². The summed E-state index contributed by atoms with van der Waals surface area (Å²) < 4.78 is 1.89. The van der Waals surface area contributed by atoms with Crippen molar-refractivity contribution in [3.8, 4) is 0 Å². The van der Waals surface area contributed by atoms with Crippen LogP contribution in [-0.2, 0) is 11.3 Å². The topological polar surface area (TPSA) is 71.3 Å². The van der Waals surface area contributed by atoms with Crippen molar-refractivity contribution in [1.29, 1.82) is 0 Å². The lowest BCUT2D eigenvalue weighted by atomic mass is 10.2. The Hall–Kier alpha value is -2.60. The average molecular weight is 330 g/mol. The molecule has 2 heterocycles. The second-order valence-electron chi connectivity index (χ2n) is 5.03. The van der Waals surface area contributed by atoms with Gasteiger partial charge < -0.3 is 10.6 Å². The molecule has 0 saturated heterocycles. The fourth-order valence-electron chi connectivity index (χ4n) is 2.21. The molecule has 0 fully saturated rings. The number of fused-ring (bicyclic) bond motifs is 1. The summed E-state index contributed by atoms with van der Waals surface area (Å²) in [5, 5.41) is 6.74. The number of carbonyl (C=O) groups is 1. The number of carbonyl (C=O) groups excluding carboxylic acids is 1. The molecule has 6 nitrogen and oxygen atoms in total. The van der Waals surface area contributed by atoms with Gasteiger partial charge >= 0.3 is 0 Å². The monoisotopic (exact) mass is 329 g/mol. The summed E-state index contributed by atoms with van der Waals surface area (Å²) in [4.78, 5) is 20.1. The van der Waals surface area contributed by atoms with Crippen molar-refractivity contribution in [2.24, 2.45) is 0 Å². The minimum Gasteiger partial charge on any atom is -0.369 e. The molecule has 0 spiro atoms. The van der Waals surface area contributed by atoms with Crippen LogP contribution in [0.5, 0.6) is 0 Å². The van der Waals surface area contributed by atoms with Crippen molar-refractivity contribution in [3.05, 3.63) is 59.6 Å². The second kappa shape index (κ2) is 7.11. The molecule has 0 atom stereocenters. The molecule has 7 heteroatoms. The highest BCUT2D eigenvalue weighted by Gasteiger charge is 2.04. The molecule has 0 aliphatic heterocycles. The van der Waals surface area contributed by atoms with Gasteiger partial charge in [-0.1, -0.05) is 23.7 Å². The minimum atomic E-state index is -0.0204. The number of rotatable bonds is 6. The number of anilines is 1. The van der Waals surface area contributed by atoms with E-state index < -0.39 is 0 Å². The molecule has 1 aromatic carbocycles. The van der Waals surface area contributed by atoms with E-state index in [1.165, 1.54) is 0 Å². The first-order valence-electron chi connectivity index (χ1n) is 7.24. The fraction of sp³-hybridized carbons (Fsp3) is 0.188. The fourth-order valence-corrected chi connectivity index (χ4v) is 2.43. The number of aromatic nitrogens is 3. The molecule has 3 rings (SSSR count). The molecular formula is C16H16ClN5O. The summed E-state index contributed by atoms with van der Waals surface area (Å²) in [5.74, 6) is 0.818. The predicted octanol–water partition coefficient (Wildman–Crippen LogP) is 2.50. The lowest BCUT2D eigenvalue weighted by Gasteiger charge is -2.07. The quantitative estimate of drug-likeness (QED) is 0.729. The predicted molar refractivity (Wildman–Crippen MR) is 89.4 cm³/mol. The summed E-state index contributed by atoms with van der Waals surface area (Å²) in [7, 11) is 0. The van der Waals surface area contributed by atoms with E-state index in [1.54, 1.807) is 18.6 Å². The molecular weight excluding hydrogens is 314 g/mol. The Balaban J connectivity index is 1.46. The molecule has 2 aromatic heterocycles. The van der Waals surface area contributed by atoms with Gasteiger partial charge in [0.05, 0.1) is 12.4 Å². The first kappa shape index (κ1) is 15.3. The van der Waals surface area contributed by atoms with Crippen LogP contribution in [0.3, 0.4) is 0 Å². The summed E-state index contributed by atoms with van der Waals surface area (Å²) in [6, 6.07) is 7.44. The first-order chi connectivity index (χ1) is 11.2. The second-order valence-corrected chi connectivity index (χ2v) is 5.47. The SMILES string of the molecule is O=C(CCNc1cnc2cnccn12)NCc1cccc(Cl)c1. The van der Waals surface area contributed by atoms with Crippen LogP contribution in [-0.4, -0.2) is 26.8 Å². The van der Waals surface area contributed by atoms with E-state index in [4.69, 9.17) is 11.6 Å². The largest absolute Gasteiger partial charge is 0.369 e. The minimum absolute atomic E-state index is 0.0204. The van der Waals surface area contributed by atoms with Gasteiger partial charge in [-0.15, -0.1) is 0 Å². The molecule has 118 valence electrons. The van der Waals surface area contributed by atoms with Gasteiger partial charge in [-0.2, -0.15) is 0 Å². The first-order valence-corrected chi connectivity index (χ1v) is 7.62. The zero-order valence-electron chi connectivity index (χ0n) is 12.4. The molecule has 3 aromatic rings. The lowest BCUT2D eigenvalue weighted by molar-refractivity contribution is -0.121. The lowest BCUT2D eigenvalue weighted by Crippen LogP contribution is -2.25. The Morgan fingerprint density at radius 1 is 1.30 bits per heavy atom. The highest BCUT2D eigenvalue weighted by molar-refractivity contribution is 6.30. The number of nitrogens with one attached hydrogen (secondary N) is 2. The molecule has 0 saturated carbocycles. The van der Waals surface area contributed by atoms with Crippen LogP contribution in [0.4, 0.5) is 5.82 Å². The molecule has 0 aliphatic rings. The van der Waals surface area contributed by atoms with Gasteiger partial charge in [0.15, 0.2) is 5.65 Å². The van der Waals surface area contributed by atoms with Crippen LogP contribution in [0, 0.1) is 0 Å². The Morgan fingerprint density at radius 2 is 2.22 bits per heavy atom. The van der Waals surface area contributed by atoms with Gasteiger partial charge in [0.25, 0.3) is 0 Å². The third-order valence-corrected chi connectivity index (χ3v) is 3.59. The van der Waals surface area contributed by atoms with Gasteiger partial charge in [0.2, 0.25) is 5.91 Å². The maximum atomic E-state index is 11.9. The zero-order chi connectivity index (χ0) is 16.1. The van der Waals surface area contributed by atoms with E-state index in [1.807, 2.05) is 34.9 Å². The number of benzene rings is 1. The van der Waals surface area contributed by atoms with Crippen LogP contribution in [0.15, 0.2) is 49.1 Å². The van der Waals surface area contributed by atoms with Gasteiger partial charge in [-0.3, -0.25) is 14.2 Å². The number of imidazole rings is 1. The van der Waals surface area contributed by atoms with Crippen LogP contribution in [0.1, 0.15) is 12.0 Å². The van der Waals surface area contributed by atoms with E-state index in [0.29, 0.717) is 24.5 Å². The molecule has 0 aliphatic carbocycles. The number of hydrogen-bond acceptors (Lipinski definition) is 4. The molecule has 2 N–H and O–H groups in total. The third kappa shape index (κ3) is 3.98. The van der Waals surface area contributed by atoms with Crippen molar-refractivity contribution in [2.75, 3.05) is 11.9 Å². The van der Waals surface area contributed by atoms with Crippen LogP contribution in [0.2, 0.25) is 5.02 Å². The van der Waals surface area contributed by atoms with Crippen molar-refractivity contribution in [1.82, 2.24) is 19.7 Å². The van der Waals surface area contributed by atoms with E-state index in [0.717, 1.165) is 17.0 Å². The highest BCUT2D eigenvalue weighted by atomic mass is 35.5. The van der Waals surface area contributed by atoms with Crippen molar-refractivity contribution in [3.63, 3.8) is 0 Å². The van der Waals surface area contributed by atoms with Crippen LogP contribution < -0.4 is 10.6 Å². The maximum absolute atomic E-state index is 11.9. The highest BCUT2D eigenvalue weighted by Crippen LogP contribution is 2.11. The van der Waals surface area contributed by atoms with Gasteiger partial charge in [-0.05, 0) is 17.7 Å². The smallest absolute Gasteiger partial charge is 0.222 e. The summed E-state index contributed by atoms with van der Waals surface area (Å²) in [5.41, 5.74) is 1.74. The summed E-state index contributed by atoms with van der Waals surface area (Å²) >= 11 is 5.91. The Labute approximate surface area is 138 Å². The Bertz CT molecular complexity index is 817. The number of nitrogens with zero attached hydrogens (tertiary/aromatic N) is 3. The van der Waals surface area contributed by atoms with Crippen LogP contribution >= 0.6 is 11.6 Å². The Kier molecular flexibility index (Phi) is 4.73. The standard InChI is InChI=1S/C16H16ClN5O/c17-13-3-1-2-12(8-13)9-21-16(23)4-5-19-15-11-20-14-10-18-6-7-22(14)15/h1-3,6-8,10-11,19H,4-5,9H2,(H,21,23). The van der Waals surface area contributed by atoms with Gasteiger partial charge in [0, 0.05) is 36.9 Å². The van der Waals surface area contributed by atoms with E-state index in [9.17, 15) is 4.79 Å². The Morgan fingerprint density at radius 3 is 3.09 bits per heavy atom. The van der Waals surface area contributed by atoms with Gasteiger partial charge in [0.1, 0.15) is 5.82 Å². The van der Waals surface area contributed by atoms with Gasteiger partial charge in [-0.25, -0.2) is 4.98 Å². The molecule has 0 unspecified atom stereocenters. The van der Waals surface area contributed by atoms with Crippen molar-refractivity contribution in [2.45, 2.75) is 13.0 Å². The molecule has 0 bridgehead atoms. The number of amides is 1. The van der Waals surface area contributed by atoms with Crippen molar-refractivity contribution < 1.29 is 4.79 Å². The summed E-state index contributed by atoms with van der Waals surface area (Å²) in [6.07, 6.45) is 7.30. The van der Waals surface area contributed by atoms with Crippen molar-refractivity contribution >= 4 is 29.0 Å². The van der Waals surface area contributed by atoms with E-state index in [-0.39, 0.29) is 5.91 Å². The summed E-state index contributed by atoms with van der Waals surface area (Å²) in [6.45, 7) is 0.998. The number of hydrogen-bond donors (Lipinski definition) is 2. The molecule has 1 amide bonds. The number of halogens is 1. The average Bonchev–Trinajstić information content (AvgIpc) is 2.97. The maximum Gasteiger partial charge on any atom is 0.222 e. The zero-order valence-corrected chi connectivity index (χ0v) is 13.1. The molecule has 0 radical (unpaired) electrons. The third-order valence-electron chi connectivity index (χ3n) is 3.35. The molecule has 23 heavy (non-hydrogen) atoms. The van der Waals surface area contributed by atoms with E-state index >= 15 is 0 Å². The van der Waals surface area contributed by atoms with E-state index in [2.05, 4.69) is 20.6 Å². The normalized spacial score (nSPS) is 10.7.